The molecule has 0 unspecified atom stereocenters. The average Bonchev–Trinajstić information content (AvgIpc) is 2.79. The van der Waals surface area contributed by atoms with E-state index in [9.17, 15) is 0 Å². The van der Waals surface area contributed by atoms with Gasteiger partial charge in [0.05, 0.1) is 0 Å². The lowest BCUT2D eigenvalue weighted by atomic mass is 9.88. The van der Waals surface area contributed by atoms with Gasteiger partial charge in [-0.15, -0.1) is 0 Å². The van der Waals surface area contributed by atoms with E-state index < -0.39 is 0 Å². The highest BCUT2D eigenvalue weighted by Crippen LogP contribution is 2.21. The third-order valence-electron chi connectivity index (χ3n) is 3.94. The van der Waals surface area contributed by atoms with Gasteiger partial charge < -0.3 is 21.8 Å². The normalized spacial score (nSPS) is 12.2. The van der Waals surface area contributed by atoms with E-state index in [1.165, 1.54) is 5.56 Å². The molecule has 0 amide bonds. The SMILES string of the molecule is CC.CC.CNC.Cc1ccccc1.N=C(c1ccccc1N)C1CCNCC1. The molecule has 4 nitrogen and oxygen atoms in total. The molecule has 0 saturated carbocycles. The highest BCUT2D eigenvalue weighted by atomic mass is 14.9. The van der Waals surface area contributed by atoms with Crippen molar-refractivity contribution < 1.29 is 0 Å². The van der Waals surface area contributed by atoms with Crippen LogP contribution >= 0.6 is 0 Å². The Labute approximate surface area is 179 Å². The van der Waals surface area contributed by atoms with Crippen molar-refractivity contribution in [1.29, 1.82) is 5.41 Å². The Balaban J connectivity index is 0. The Morgan fingerprint density at radius 2 is 1.34 bits per heavy atom. The predicted octanol–water partition coefficient (Wildman–Crippen LogP) is 5.52. The number of nitrogens with one attached hydrogen (secondary N) is 3. The van der Waals surface area contributed by atoms with Crippen LogP contribution in [0.2, 0.25) is 0 Å². The second kappa shape index (κ2) is 20.6. The maximum Gasteiger partial charge on any atom is 0.0438 e. The van der Waals surface area contributed by atoms with Crippen LogP contribution in [0.3, 0.4) is 0 Å². The number of anilines is 1. The van der Waals surface area contributed by atoms with Gasteiger partial charge in [-0.25, -0.2) is 0 Å². The zero-order valence-electron chi connectivity index (χ0n) is 19.7. The quantitative estimate of drug-likeness (QED) is 0.396. The molecular weight excluding hydrogens is 356 g/mol. The highest BCUT2D eigenvalue weighted by Gasteiger charge is 2.19. The fraction of sp³-hybridized carbons (Fsp3) is 0.480. The lowest BCUT2D eigenvalue weighted by molar-refractivity contribution is 0.456. The van der Waals surface area contributed by atoms with E-state index in [2.05, 4.69) is 29.7 Å². The van der Waals surface area contributed by atoms with Crippen LogP contribution in [0.5, 0.6) is 0 Å². The largest absolute Gasteiger partial charge is 0.398 e. The second-order valence-electron chi connectivity index (χ2n) is 6.18. The molecule has 2 aromatic rings. The van der Waals surface area contributed by atoms with Crippen molar-refractivity contribution in [3.05, 3.63) is 65.7 Å². The van der Waals surface area contributed by atoms with Gasteiger partial charge in [-0.1, -0.05) is 81.8 Å². The van der Waals surface area contributed by atoms with E-state index in [0.717, 1.165) is 37.2 Å². The molecule has 29 heavy (non-hydrogen) atoms. The molecule has 0 radical (unpaired) electrons. The summed E-state index contributed by atoms with van der Waals surface area (Å²) in [6, 6.07) is 17.9. The van der Waals surface area contributed by atoms with Gasteiger partial charge in [-0.3, -0.25) is 0 Å². The summed E-state index contributed by atoms with van der Waals surface area (Å²) in [5, 5.41) is 14.2. The molecule has 1 fully saturated rings. The molecule has 164 valence electrons. The number of nitrogen functional groups attached to an aromatic ring is 1. The minimum absolute atomic E-state index is 0.371. The number of rotatable bonds is 2. The Morgan fingerprint density at radius 1 is 0.897 bits per heavy atom. The van der Waals surface area contributed by atoms with Gasteiger partial charge >= 0.3 is 0 Å². The summed E-state index contributed by atoms with van der Waals surface area (Å²) in [5.74, 6) is 0.371. The number of benzene rings is 2. The third kappa shape index (κ3) is 13.6. The molecule has 0 bridgehead atoms. The molecule has 0 atom stereocenters. The molecule has 4 heteroatoms. The Morgan fingerprint density at radius 3 is 1.76 bits per heavy atom. The molecular formula is C25H44N4. The van der Waals surface area contributed by atoms with Crippen LogP contribution in [0.4, 0.5) is 5.69 Å². The monoisotopic (exact) mass is 400 g/mol. The minimum atomic E-state index is 0.371. The lowest BCUT2D eigenvalue weighted by Gasteiger charge is -2.24. The highest BCUT2D eigenvalue weighted by molar-refractivity contribution is 6.04. The van der Waals surface area contributed by atoms with Crippen molar-refractivity contribution in [1.82, 2.24) is 10.6 Å². The van der Waals surface area contributed by atoms with Gasteiger partial charge in [0.1, 0.15) is 0 Å². The van der Waals surface area contributed by atoms with Crippen molar-refractivity contribution in [2.75, 3.05) is 32.9 Å². The van der Waals surface area contributed by atoms with Crippen LogP contribution in [0.25, 0.3) is 0 Å². The maximum atomic E-state index is 8.16. The lowest BCUT2D eigenvalue weighted by Crippen LogP contribution is -2.32. The van der Waals surface area contributed by atoms with E-state index in [4.69, 9.17) is 11.1 Å². The smallest absolute Gasteiger partial charge is 0.0438 e. The van der Waals surface area contributed by atoms with Crippen molar-refractivity contribution in [3.8, 4) is 0 Å². The van der Waals surface area contributed by atoms with Crippen LogP contribution in [-0.2, 0) is 0 Å². The van der Waals surface area contributed by atoms with E-state index in [0.29, 0.717) is 11.6 Å². The predicted molar refractivity (Wildman–Crippen MR) is 132 cm³/mol. The van der Waals surface area contributed by atoms with Gasteiger partial charge in [0, 0.05) is 22.9 Å². The van der Waals surface area contributed by atoms with Crippen molar-refractivity contribution in [3.63, 3.8) is 0 Å². The Kier molecular flexibility index (Phi) is 20.6. The summed E-state index contributed by atoms with van der Waals surface area (Å²) in [4.78, 5) is 0. The first-order valence-electron chi connectivity index (χ1n) is 10.8. The first-order chi connectivity index (χ1) is 14.1. The van der Waals surface area contributed by atoms with Gasteiger partial charge in [0.2, 0.25) is 0 Å². The molecule has 0 aromatic heterocycles. The summed E-state index contributed by atoms with van der Waals surface area (Å²) in [5.41, 5.74) is 9.53. The summed E-state index contributed by atoms with van der Waals surface area (Å²) < 4.78 is 0. The fourth-order valence-electron chi connectivity index (χ4n) is 2.61. The summed E-state index contributed by atoms with van der Waals surface area (Å²) in [6.07, 6.45) is 2.10. The molecule has 1 heterocycles. The van der Waals surface area contributed by atoms with Gasteiger partial charge in [-0.2, -0.15) is 0 Å². The number of hydrogen-bond acceptors (Lipinski definition) is 4. The van der Waals surface area contributed by atoms with E-state index in [-0.39, 0.29) is 0 Å². The topological polar surface area (TPSA) is 73.9 Å². The molecule has 2 aromatic carbocycles. The van der Waals surface area contributed by atoms with E-state index >= 15 is 0 Å². The Hall–Kier alpha value is -2.17. The molecule has 0 spiro atoms. The third-order valence-corrected chi connectivity index (χ3v) is 3.94. The van der Waals surface area contributed by atoms with Crippen LogP contribution in [-0.4, -0.2) is 32.9 Å². The summed E-state index contributed by atoms with van der Waals surface area (Å²) in [7, 11) is 3.75. The first-order valence-corrected chi connectivity index (χ1v) is 10.8. The van der Waals surface area contributed by atoms with Crippen LogP contribution in [0, 0.1) is 18.3 Å². The number of para-hydroxylation sites is 1. The van der Waals surface area contributed by atoms with Crippen LogP contribution in [0.15, 0.2) is 54.6 Å². The number of aryl methyl sites for hydroxylation is 1. The average molecular weight is 401 g/mol. The minimum Gasteiger partial charge on any atom is -0.398 e. The maximum absolute atomic E-state index is 8.16. The molecule has 5 N–H and O–H groups in total. The number of hydrogen-bond donors (Lipinski definition) is 4. The Bertz CT molecular complexity index is 605. The van der Waals surface area contributed by atoms with E-state index in [1.54, 1.807) is 0 Å². The van der Waals surface area contributed by atoms with Crippen molar-refractivity contribution in [2.45, 2.75) is 47.5 Å². The zero-order valence-corrected chi connectivity index (χ0v) is 19.7. The van der Waals surface area contributed by atoms with Gasteiger partial charge in [-0.05, 0) is 53.0 Å². The van der Waals surface area contributed by atoms with E-state index in [1.807, 2.05) is 84.3 Å². The van der Waals surface area contributed by atoms with Gasteiger partial charge in [0.25, 0.3) is 0 Å². The summed E-state index contributed by atoms with van der Waals surface area (Å²) >= 11 is 0. The zero-order chi connectivity index (χ0) is 22.5. The van der Waals surface area contributed by atoms with Gasteiger partial charge in [0.15, 0.2) is 0 Å². The second-order valence-corrected chi connectivity index (χ2v) is 6.18. The molecule has 1 aliphatic rings. The van der Waals surface area contributed by atoms with Crippen molar-refractivity contribution in [2.24, 2.45) is 5.92 Å². The molecule has 1 aliphatic heterocycles. The number of piperidine rings is 1. The fourth-order valence-corrected chi connectivity index (χ4v) is 2.61. The first kappa shape index (κ1) is 29.0. The molecule has 0 aliphatic carbocycles. The van der Waals surface area contributed by atoms with Crippen LogP contribution in [0.1, 0.15) is 51.7 Å². The number of nitrogens with two attached hydrogens (primary N) is 1. The van der Waals surface area contributed by atoms with Crippen LogP contribution < -0.4 is 16.4 Å². The molecule has 3 rings (SSSR count). The summed E-state index contributed by atoms with van der Waals surface area (Å²) in [6.45, 7) is 12.1. The van der Waals surface area contributed by atoms with Crippen molar-refractivity contribution >= 4 is 11.4 Å². The standard InChI is InChI=1S/C12H17N3.C7H8.C2H7N.2C2H6/c13-11-4-2-1-3-10(11)12(14)9-5-7-15-8-6-9;1-7-5-3-2-4-6-7;1-3-2;2*1-2/h1-4,9,14-15H,5-8,13H2;2-6H,1H3;3H,1-2H3;2*1-2H3. The molecule has 1 saturated heterocycles.